The summed E-state index contributed by atoms with van der Waals surface area (Å²) >= 11 is 0. The van der Waals surface area contributed by atoms with Crippen molar-refractivity contribution in [2.45, 2.75) is 19.9 Å². The second-order valence-corrected chi connectivity index (χ2v) is 5.32. The number of carbonyl (C=O) groups excluding carboxylic acids is 2. The molecule has 9 heteroatoms. The van der Waals surface area contributed by atoms with Crippen molar-refractivity contribution in [1.82, 2.24) is 19.6 Å². The molecular formula is C14H20F2N4O3. The predicted octanol–water partition coefficient (Wildman–Crippen LogP) is 0.771. The Balaban J connectivity index is 2.11. The van der Waals surface area contributed by atoms with Gasteiger partial charge >= 0.3 is 5.97 Å². The SMILES string of the molecule is CCOC(=O)c1cc(C(F)F)n(CC(=O)N2CCN(C)CC2)n1. The monoisotopic (exact) mass is 330 g/mol. The zero-order valence-corrected chi connectivity index (χ0v) is 13.2. The Morgan fingerprint density at radius 1 is 1.30 bits per heavy atom. The molecule has 23 heavy (non-hydrogen) atoms. The first-order valence-corrected chi connectivity index (χ1v) is 7.41. The summed E-state index contributed by atoms with van der Waals surface area (Å²) in [4.78, 5) is 27.5. The lowest BCUT2D eigenvalue weighted by molar-refractivity contribution is -0.133. The van der Waals surface area contributed by atoms with Crippen molar-refractivity contribution in [3.63, 3.8) is 0 Å². The van der Waals surface area contributed by atoms with Crippen LogP contribution in [0.25, 0.3) is 0 Å². The Morgan fingerprint density at radius 2 is 1.96 bits per heavy atom. The lowest BCUT2D eigenvalue weighted by Gasteiger charge is -2.32. The number of nitrogens with zero attached hydrogens (tertiary/aromatic N) is 4. The van der Waals surface area contributed by atoms with Crippen LogP contribution in [0.1, 0.15) is 29.5 Å². The molecular weight excluding hydrogens is 310 g/mol. The molecule has 0 bridgehead atoms. The average Bonchev–Trinajstić information content (AvgIpc) is 2.92. The second-order valence-electron chi connectivity index (χ2n) is 5.32. The van der Waals surface area contributed by atoms with Gasteiger partial charge in [-0.05, 0) is 14.0 Å². The maximum absolute atomic E-state index is 13.1. The van der Waals surface area contributed by atoms with Crippen LogP contribution in [0.5, 0.6) is 0 Å². The van der Waals surface area contributed by atoms with Gasteiger partial charge in [-0.3, -0.25) is 9.48 Å². The van der Waals surface area contributed by atoms with E-state index in [9.17, 15) is 18.4 Å². The topological polar surface area (TPSA) is 67.7 Å². The average molecular weight is 330 g/mol. The second kappa shape index (κ2) is 7.49. The number of likely N-dealkylation sites (N-methyl/N-ethyl adjacent to an activating group) is 1. The standard InChI is InChI=1S/C14H20F2N4O3/c1-3-23-14(22)10-8-11(13(15)16)20(17-10)9-12(21)19-6-4-18(2)5-7-19/h8,13H,3-7,9H2,1-2H3. The molecule has 1 fully saturated rings. The number of piperazine rings is 1. The smallest absolute Gasteiger partial charge is 0.358 e. The number of alkyl halides is 2. The molecule has 1 aromatic heterocycles. The molecule has 2 heterocycles. The summed E-state index contributed by atoms with van der Waals surface area (Å²) in [6, 6.07) is 0.972. The van der Waals surface area contributed by atoms with Crippen LogP contribution in [0.4, 0.5) is 8.78 Å². The largest absolute Gasteiger partial charge is 0.461 e. The predicted molar refractivity (Wildman–Crippen MR) is 77.2 cm³/mol. The summed E-state index contributed by atoms with van der Waals surface area (Å²) in [5.74, 6) is -1.07. The van der Waals surface area contributed by atoms with E-state index in [4.69, 9.17) is 4.74 Å². The minimum absolute atomic E-state index is 0.121. The molecule has 7 nitrogen and oxygen atoms in total. The fraction of sp³-hybridized carbons (Fsp3) is 0.643. The number of esters is 1. The highest BCUT2D eigenvalue weighted by atomic mass is 19.3. The molecule has 0 aromatic carbocycles. The Morgan fingerprint density at radius 3 is 2.52 bits per heavy atom. The van der Waals surface area contributed by atoms with Gasteiger partial charge in [-0.15, -0.1) is 0 Å². The number of hydrogen-bond donors (Lipinski definition) is 0. The van der Waals surface area contributed by atoms with Crippen LogP contribution in [0, 0.1) is 0 Å². The highest BCUT2D eigenvalue weighted by Crippen LogP contribution is 2.20. The molecule has 0 radical (unpaired) electrons. The van der Waals surface area contributed by atoms with E-state index < -0.39 is 18.1 Å². The Labute approximate surface area is 132 Å². The first-order chi connectivity index (χ1) is 10.9. The van der Waals surface area contributed by atoms with Gasteiger partial charge in [0.2, 0.25) is 5.91 Å². The third-order valence-corrected chi connectivity index (χ3v) is 3.66. The van der Waals surface area contributed by atoms with Crippen LogP contribution in [0.3, 0.4) is 0 Å². The summed E-state index contributed by atoms with van der Waals surface area (Å²) in [7, 11) is 1.95. The van der Waals surface area contributed by atoms with Crippen LogP contribution < -0.4 is 0 Å². The number of halogens is 2. The molecule has 0 saturated carbocycles. The molecule has 128 valence electrons. The highest BCUT2D eigenvalue weighted by molar-refractivity contribution is 5.87. The summed E-state index contributed by atoms with van der Waals surface area (Å²) in [5.41, 5.74) is -0.677. The lowest BCUT2D eigenvalue weighted by atomic mass is 10.3. The summed E-state index contributed by atoms with van der Waals surface area (Å²) < 4.78 is 31.8. The van der Waals surface area contributed by atoms with Crippen molar-refractivity contribution in [1.29, 1.82) is 0 Å². The van der Waals surface area contributed by atoms with Crippen LogP contribution in [-0.4, -0.2) is 71.3 Å². The van der Waals surface area contributed by atoms with E-state index in [2.05, 4.69) is 10.00 Å². The van der Waals surface area contributed by atoms with Gasteiger partial charge in [0.05, 0.1) is 6.61 Å². The fourth-order valence-electron chi connectivity index (χ4n) is 2.32. The molecule has 0 unspecified atom stereocenters. The van der Waals surface area contributed by atoms with E-state index in [1.165, 1.54) is 0 Å². The summed E-state index contributed by atoms with van der Waals surface area (Å²) in [5, 5.41) is 3.80. The Bertz CT molecular complexity index is 568. The zero-order valence-electron chi connectivity index (χ0n) is 13.2. The van der Waals surface area contributed by atoms with Crippen LogP contribution in [0.2, 0.25) is 0 Å². The number of aromatic nitrogens is 2. The molecule has 0 aliphatic carbocycles. The lowest BCUT2D eigenvalue weighted by Crippen LogP contribution is -2.48. The first-order valence-electron chi connectivity index (χ1n) is 7.41. The van der Waals surface area contributed by atoms with E-state index in [1.807, 2.05) is 7.05 Å². The van der Waals surface area contributed by atoms with Crippen molar-refractivity contribution in [3.8, 4) is 0 Å². The zero-order chi connectivity index (χ0) is 17.0. The number of rotatable bonds is 5. The maximum atomic E-state index is 13.1. The van der Waals surface area contributed by atoms with Crippen LogP contribution in [-0.2, 0) is 16.1 Å². The third-order valence-electron chi connectivity index (χ3n) is 3.66. The molecule has 1 saturated heterocycles. The van der Waals surface area contributed by atoms with Gasteiger partial charge < -0.3 is 14.5 Å². The normalized spacial score (nSPS) is 16.0. The van der Waals surface area contributed by atoms with Gasteiger partial charge in [0.15, 0.2) is 5.69 Å². The minimum Gasteiger partial charge on any atom is -0.461 e. The van der Waals surface area contributed by atoms with E-state index >= 15 is 0 Å². The van der Waals surface area contributed by atoms with Crippen molar-refractivity contribution < 1.29 is 23.1 Å². The Kier molecular flexibility index (Phi) is 5.64. The number of ether oxygens (including phenoxy) is 1. The van der Waals surface area contributed by atoms with Gasteiger partial charge in [0.1, 0.15) is 12.2 Å². The maximum Gasteiger partial charge on any atom is 0.358 e. The van der Waals surface area contributed by atoms with Crippen molar-refractivity contribution in [2.24, 2.45) is 0 Å². The van der Waals surface area contributed by atoms with Crippen molar-refractivity contribution in [3.05, 3.63) is 17.5 Å². The fourth-order valence-corrected chi connectivity index (χ4v) is 2.32. The highest BCUT2D eigenvalue weighted by Gasteiger charge is 2.25. The molecule has 0 atom stereocenters. The van der Waals surface area contributed by atoms with E-state index in [-0.39, 0.29) is 24.8 Å². The number of hydrogen-bond acceptors (Lipinski definition) is 5. The van der Waals surface area contributed by atoms with Gasteiger partial charge in [-0.2, -0.15) is 5.10 Å². The first kappa shape index (κ1) is 17.3. The van der Waals surface area contributed by atoms with Crippen molar-refractivity contribution >= 4 is 11.9 Å². The van der Waals surface area contributed by atoms with E-state index in [1.54, 1.807) is 11.8 Å². The quantitative estimate of drug-likeness (QED) is 0.746. The molecule has 2 rings (SSSR count). The van der Waals surface area contributed by atoms with Gasteiger partial charge in [0, 0.05) is 32.2 Å². The minimum atomic E-state index is -2.83. The van der Waals surface area contributed by atoms with Gasteiger partial charge in [0.25, 0.3) is 6.43 Å². The van der Waals surface area contributed by atoms with E-state index in [0.717, 1.165) is 23.8 Å². The third kappa shape index (κ3) is 4.25. The molecule has 0 N–H and O–H groups in total. The molecule has 0 spiro atoms. The number of carbonyl (C=O) groups is 2. The summed E-state index contributed by atoms with van der Waals surface area (Å²) in [6.07, 6.45) is -2.83. The molecule has 1 amide bonds. The van der Waals surface area contributed by atoms with Crippen LogP contribution >= 0.6 is 0 Å². The number of amides is 1. The molecule has 1 aliphatic rings. The van der Waals surface area contributed by atoms with E-state index in [0.29, 0.717) is 13.1 Å². The summed E-state index contributed by atoms with van der Waals surface area (Å²) in [6.45, 7) is 3.98. The van der Waals surface area contributed by atoms with Gasteiger partial charge in [-0.1, -0.05) is 0 Å². The molecule has 1 aliphatic heterocycles. The Hall–Kier alpha value is -2.03. The van der Waals surface area contributed by atoms with Crippen molar-refractivity contribution in [2.75, 3.05) is 39.8 Å². The molecule has 1 aromatic rings. The van der Waals surface area contributed by atoms with Crippen LogP contribution in [0.15, 0.2) is 6.07 Å². The van der Waals surface area contributed by atoms with Gasteiger partial charge in [-0.25, -0.2) is 13.6 Å².